The molecule has 0 radical (unpaired) electrons. The Morgan fingerprint density at radius 3 is 2.64 bits per heavy atom. The van der Waals surface area contributed by atoms with Gasteiger partial charge >= 0.3 is 0 Å². The molecule has 0 spiro atoms. The number of anilines is 1. The van der Waals surface area contributed by atoms with Gasteiger partial charge in [0.2, 0.25) is 0 Å². The van der Waals surface area contributed by atoms with E-state index in [0.717, 1.165) is 11.4 Å². The second-order valence-corrected chi connectivity index (χ2v) is 2.98. The number of rotatable bonds is 2. The lowest BCUT2D eigenvalue weighted by molar-refractivity contribution is 0.864. The molecule has 2 aromatic heterocycles. The maximum absolute atomic E-state index is 5.86. The van der Waals surface area contributed by atoms with Crippen molar-refractivity contribution >= 4 is 17.3 Å². The summed E-state index contributed by atoms with van der Waals surface area (Å²) in [6, 6.07) is 0. The lowest BCUT2D eigenvalue weighted by Gasteiger charge is -1.96. The maximum Gasteiger partial charge on any atom is 0.174 e. The van der Waals surface area contributed by atoms with Gasteiger partial charge < -0.3 is 5.32 Å². The lowest BCUT2D eigenvalue weighted by atomic mass is 10.5. The van der Waals surface area contributed by atoms with Gasteiger partial charge in [-0.1, -0.05) is 11.6 Å². The molecule has 0 aliphatic carbocycles. The Labute approximate surface area is 85.8 Å². The highest BCUT2D eigenvalue weighted by Crippen LogP contribution is 2.20. The summed E-state index contributed by atoms with van der Waals surface area (Å²) in [6.07, 6.45) is 6.57. The summed E-state index contributed by atoms with van der Waals surface area (Å²) >= 11 is 5.86. The number of nitrogens with one attached hydrogen (secondary N) is 1. The predicted octanol–water partition coefficient (Wildman–Crippen LogP) is 1.36. The lowest BCUT2D eigenvalue weighted by Crippen LogP contribution is -1.95. The van der Waals surface area contributed by atoms with Crippen LogP contribution in [0, 0.1) is 0 Å². The van der Waals surface area contributed by atoms with Crippen LogP contribution in [-0.2, 0) is 0 Å². The van der Waals surface area contributed by atoms with E-state index < -0.39 is 0 Å². The molecule has 2 rings (SSSR count). The molecule has 0 bridgehead atoms. The molecule has 0 fully saturated rings. The zero-order valence-corrected chi connectivity index (χ0v) is 8.23. The number of halogens is 1. The number of aromatic nitrogens is 4. The van der Waals surface area contributed by atoms with Crippen LogP contribution in [0.25, 0.3) is 5.69 Å². The zero-order valence-electron chi connectivity index (χ0n) is 7.48. The van der Waals surface area contributed by atoms with Gasteiger partial charge in [-0.15, -0.1) is 0 Å². The fourth-order valence-corrected chi connectivity index (χ4v) is 1.29. The highest BCUT2D eigenvalue weighted by atomic mass is 35.5. The summed E-state index contributed by atoms with van der Waals surface area (Å²) in [6.45, 7) is 0. The molecule has 6 heteroatoms. The molecule has 0 aromatic carbocycles. The van der Waals surface area contributed by atoms with Crippen molar-refractivity contribution in [3.63, 3.8) is 0 Å². The summed E-state index contributed by atoms with van der Waals surface area (Å²) in [5, 5.41) is 7.45. The average molecular weight is 210 g/mol. The standard InChI is InChI=1S/C8H8ClN5/c1-10-7-4-14(13-8(7)9)6-2-11-5-12-3-6/h2-5,10H,1H3. The van der Waals surface area contributed by atoms with E-state index >= 15 is 0 Å². The molecular weight excluding hydrogens is 202 g/mol. The second kappa shape index (κ2) is 3.63. The van der Waals surface area contributed by atoms with E-state index in [1.54, 1.807) is 30.3 Å². The Morgan fingerprint density at radius 1 is 1.36 bits per heavy atom. The Balaban J connectivity index is 2.43. The van der Waals surface area contributed by atoms with Gasteiger partial charge in [0.05, 0.1) is 24.3 Å². The van der Waals surface area contributed by atoms with E-state index in [1.165, 1.54) is 6.33 Å². The molecule has 2 heterocycles. The van der Waals surface area contributed by atoms with Crippen molar-refractivity contribution in [1.82, 2.24) is 19.7 Å². The molecule has 0 saturated carbocycles. The summed E-state index contributed by atoms with van der Waals surface area (Å²) in [5.74, 6) is 0. The normalized spacial score (nSPS) is 10.1. The molecule has 72 valence electrons. The quantitative estimate of drug-likeness (QED) is 0.812. The first-order chi connectivity index (χ1) is 6.81. The van der Waals surface area contributed by atoms with Crippen LogP contribution in [0.2, 0.25) is 5.15 Å². The first kappa shape index (κ1) is 8.96. The Bertz CT molecular complexity index is 425. The summed E-state index contributed by atoms with van der Waals surface area (Å²) in [4.78, 5) is 7.78. The van der Waals surface area contributed by atoms with Crippen molar-refractivity contribution in [3.8, 4) is 5.69 Å². The van der Waals surface area contributed by atoms with Crippen LogP contribution < -0.4 is 5.32 Å². The minimum absolute atomic E-state index is 0.427. The van der Waals surface area contributed by atoms with Crippen LogP contribution in [0.1, 0.15) is 0 Å². The van der Waals surface area contributed by atoms with Gasteiger partial charge in [-0.05, 0) is 0 Å². The third-order valence-corrected chi connectivity index (χ3v) is 2.03. The molecular formula is C8H8ClN5. The van der Waals surface area contributed by atoms with Crippen LogP contribution in [0.4, 0.5) is 5.69 Å². The summed E-state index contributed by atoms with van der Waals surface area (Å²) < 4.78 is 1.62. The molecule has 14 heavy (non-hydrogen) atoms. The van der Waals surface area contributed by atoms with Crippen LogP contribution >= 0.6 is 11.6 Å². The van der Waals surface area contributed by atoms with Crippen molar-refractivity contribution in [2.45, 2.75) is 0 Å². The van der Waals surface area contributed by atoms with Crippen molar-refractivity contribution in [1.29, 1.82) is 0 Å². The molecule has 0 aliphatic rings. The minimum Gasteiger partial charge on any atom is -0.384 e. The van der Waals surface area contributed by atoms with Crippen molar-refractivity contribution in [2.75, 3.05) is 12.4 Å². The fraction of sp³-hybridized carbons (Fsp3) is 0.125. The highest BCUT2D eigenvalue weighted by molar-refractivity contribution is 6.31. The maximum atomic E-state index is 5.86. The third kappa shape index (κ3) is 1.54. The highest BCUT2D eigenvalue weighted by Gasteiger charge is 2.05. The average Bonchev–Trinajstić information content (AvgIpc) is 2.61. The van der Waals surface area contributed by atoms with Crippen molar-refractivity contribution in [3.05, 3.63) is 30.1 Å². The van der Waals surface area contributed by atoms with Gasteiger partial charge in [-0.3, -0.25) is 0 Å². The van der Waals surface area contributed by atoms with Crippen LogP contribution in [0.5, 0.6) is 0 Å². The topological polar surface area (TPSA) is 55.6 Å². The van der Waals surface area contributed by atoms with Gasteiger partial charge in [0.15, 0.2) is 5.15 Å². The largest absolute Gasteiger partial charge is 0.384 e. The monoisotopic (exact) mass is 209 g/mol. The van der Waals surface area contributed by atoms with Crippen molar-refractivity contribution in [2.24, 2.45) is 0 Å². The zero-order chi connectivity index (χ0) is 9.97. The van der Waals surface area contributed by atoms with Crippen LogP contribution in [0.3, 0.4) is 0 Å². The third-order valence-electron chi connectivity index (χ3n) is 1.75. The van der Waals surface area contributed by atoms with Gasteiger partial charge in [-0.2, -0.15) is 5.10 Å². The molecule has 0 atom stereocenters. The Morgan fingerprint density at radius 2 is 2.07 bits per heavy atom. The number of hydrogen-bond donors (Lipinski definition) is 1. The first-order valence-corrected chi connectivity index (χ1v) is 4.37. The van der Waals surface area contributed by atoms with Gasteiger partial charge in [0.1, 0.15) is 12.0 Å². The van der Waals surface area contributed by atoms with E-state index in [9.17, 15) is 0 Å². The Hall–Kier alpha value is -1.62. The SMILES string of the molecule is CNc1cn(-c2cncnc2)nc1Cl. The number of hydrogen-bond acceptors (Lipinski definition) is 4. The van der Waals surface area contributed by atoms with E-state index in [2.05, 4.69) is 20.4 Å². The molecule has 0 saturated heterocycles. The molecule has 0 unspecified atom stereocenters. The van der Waals surface area contributed by atoms with Gasteiger partial charge in [0.25, 0.3) is 0 Å². The van der Waals surface area contributed by atoms with E-state index in [4.69, 9.17) is 11.6 Å². The predicted molar refractivity (Wildman–Crippen MR) is 53.7 cm³/mol. The van der Waals surface area contributed by atoms with Crippen LogP contribution in [-0.4, -0.2) is 26.8 Å². The summed E-state index contributed by atoms with van der Waals surface area (Å²) in [7, 11) is 1.79. The smallest absolute Gasteiger partial charge is 0.174 e. The molecule has 2 aromatic rings. The molecule has 0 aliphatic heterocycles. The molecule has 1 N–H and O–H groups in total. The second-order valence-electron chi connectivity index (χ2n) is 2.62. The van der Waals surface area contributed by atoms with Gasteiger partial charge in [-0.25, -0.2) is 14.6 Å². The minimum atomic E-state index is 0.427. The van der Waals surface area contributed by atoms with Crippen LogP contribution in [0.15, 0.2) is 24.9 Å². The first-order valence-electron chi connectivity index (χ1n) is 3.99. The van der Waals surface area contributed by atoms with E-state index in [-0.39, 0.29) is 0 Å². The Kier molecular flexibility index (Phi) is 2.32. The van der Waals surface area contributed by atoms with Crippen molar-refractivity contribution < 1.29 is 0 Å². The molecule has 5 nitrogen and oxygen atoms in total. The van der Waals surface area contributed by atoms with Gasteiger partial charge in [0, 0.05) is 7.05 Å². The summed E-state index contributed by atoms with van der Waals surface area (Å²) in [5.41, 5.74) is 1.55. The van der Waals surface area contributed by atoms with E-state index in [0.29, 0.717) is 5.15 Å². The van der Waals surface area contributed by atoms with E-state index in [1.807, 2.05) is 0 Å². The fourth-order valence-electron chi connectivity index (χ4n) is 1.06. The molecule has 0 amide bonds. The number of nitrogens with zero attached hydrogens (tertiary/aromatic N) is 4.